The highest BCUT2D eigenvalue weighted by Crippen LogP contribution is 2.38. The van der Waals surface area contributed by atoms with Gasteiger partial charge in [0.25, 0.3) is 0 Å². The normalized spacial score (nSPS) is 25.1. The molecule has 1 rings (SSSR count). The summed E-state index contributed by atoms with van der Waals surface area (Å²) in [5, 5.41) is 9.22. The molecule has 0 radical (unpaired) electrons. The summed E-state index contributed by atoms with van der Waals surface area (Å²) in [4.78, 5) is 0. The lowest BCUT2D eigenvalue weighted by atomic mass is 10.00. The maximum atomic E-state index is 9.22. The lowest BCUT2D eigenvalue weighted by molar-refractivity contribution is 0.150. The maximum Gasteiger partial charge on any atom is 0.0746 e. The zero-order valence-electron chi connectivity index (χ0n) is 5.88. The van der Waals surface area contributed by atoms with Gasteiger partial charge in [-0.05, 0) is 24.7 Å². The average molecular weight is 126 g/mol. The monoisotopic (exact) mass is 126 g/mol. The number of aliphatic hydroxyl groups is 1. The summed E-state index contributed by atoms with van der Waals surface area (Å²) in [5.41, 5.74) is 0. The Morgan fingerprint density at radius 3 is 2.56 bits per heavy atom. The molecule has 1 aliphatic rings. The Kier molecular flexibility index (Phi) is 1.91. The van der Waals surface area contributed by atoms with E-state index in [4.69, 9.17) is 0 Å². The van der Waals surface area contributed by atoms with E-state index < -0.39 is 0 Å². The van der Waals surface area contributed by atoms with Crippen molar-refractivity contribution in [2.75, 3.05) is 0 Å². The van der Waals surface area contributed by atoms with Gasteiger partial charge < -0.3 is 5.11 Å². The fraction of sp³-hybridized carbons (Fsp3) is 0.750. The predicted octanol–water partition coefficient (Wildman–Crippen LogP) is 1.58. The SMILES string of the molecule is C=CC(O)C(C)C1CC1. The molecule has 1 fully saturated rings. The highest BCUT2D eigenvalue weighted by molar-refractivity contribution is 4.90. The van der Waals surface area contributed by atoms with Crippen LogP contribution in [0.25, 0.3) is 0 Å². The van der Waals surface area contributed by atoms with Crippen LogP contribution in [0.2, 0.25) is 0 Å². The molecule has 52 valence electrons. The van der Waals surface area contributed by atoms with Crippen LogP contribution in [0.4, 0.5) is 0 Å². The quantitative estimate of drug-likeness (QED) is 0.569. The third kappa shape index (κ3) is 1.55. The Morgan fingerprint density at radius 1 is 1.67 bits per heavy atom. The van der Waals surface area contributed by atoms with Crippen LogP contribution >= 0.6 is 0 Å². The molecule has 0 aromatic rings. The molecule has 0 aromatic carbocycles. The van der Waals surface area contributed by atoms with Crippen LogP contribution in [0.5, 0.6) is 0 Å². The van der Waals surface area contributed by atoms with Crippen molar-refractivity contribution >= 4 is 0 Å². The number of hydrogen-bond donors (Lipinski definition) is 1. The van der Waals surface area contributed by atoms with Crippen molar-refractivity contribution in [3.63, 3.8) is 0 Å². The van der Waals surface area contributed by atoms with Gasteiger partial charge in [0.2, 0.25) is 0 Å². The molecule has 0 spiro atoms. The molecule has 0 saturated heterocycles. The van der Waals surface area contributed by atoms with Crippen LogP contribution in [0.1, 0.15) is 19.8 Å². The Labute approximate surface area is 56.4 Å². The van der Waals surface area contributed by atoms with E-state index >= 15 is 0 Å². The Hall–Kier alpha value is -0.300. The van der Waals surface area contributed by atoms with E-state index in [0.717, 1.165) is 5.92 Å². The van der Waals surface area contributed by atoms with Crippen LogP contribution in [0, 0.1) is 11.8 Å². The highest BCUT2D eigenvalue weighted by atomic mass is 16.3. The predicted molar refractivity (Wildman–Crippen MR) is 38.1 cm³/mol. The first-order valence-electron chi connectivity index (χ1n) is 3.56. The molecule has 9 heavy (non-hydrogen) atoms. The van der Waals surface area contributed by atoms with E-state index in [1.807, 2.05) is 0 Å². The van der Waals surface area contributed by atoms with Crippen molar-refractivity contribution < 1.29 is 5.11 Å². The number of aliphatic hydroxyl groups excluding tert-OH is 1. The molecule has 0 aromatic heterocycles. The summed E-state index contributed by atoms with van der Waals surface area (Å²) in [7, 11) is 0. The fourth-order valence-electron chi connectivity index (χ4n) is 1.12. The van der Waals surface area contributed by atoms with E-state index in [1.54, 1.807) is 6.08 Å². The van der Waals surface area contributed by atoms with Gasteiger partial charge in [0, 0.05) is 0 Å². The van der Waals surface area contributed by atoms with Gasteiger partial charge in [-0.15, -0.1) is 6.58 Å². The van der Waals surface area contributed by atoms with Crippen molar-refractivity contribution in [3.05, 3.63) is 12.7 Å². The minimum atomic E-state index is -0.280. The first kappa shape index (κ1) is 6.81. The molecule has 1 saturated carbocycles. The fourth-order valence-corrected chi connectivity index (χ4v) is 1.12. The molecule has 0 amide bonds. The smallest absolute Gasteiger partial charge is 0.0746 e. The summed E-state index contributed by atoms with van der Waals surface area (Å²) in [6.45, 7) is 5.63. The molecule has 1 N–H and O–H groups in total. The molecular weight excluding hydrogens is 112 g/mol. The van der Waals surface area contributed by atoms with Gasteiger partial charge in [-0.3, -0.25) is 0 Å². The average Bonchev–Trinajstić information content (AvgIpc) is 2.66. The second kappa shape index (κ2) is 2.53. The molecule has 0 heterocycles. The van der Waals surface area contributed by atoms with Crippen molar-refractivity contribution in [2.24, 2.45) is 11.8 Å². The van der Waals surface area contributed by atoms with E-state index in [2.05, 4.69) is 13.5 Å². The Morgan fingerprint density at radius 2 is 2.22 bits per heavy atom. The van der Waals surface area contributed by atoms with E-state index in [-0.39, 0.29) is 6.10 Å². The van der Waals surface area contributed by atoms with Gasteiger partial charge in [0.15, 0.2) is 0 Å². The van der Waals surface area contributed by atoms with E-state index in [0.29, 0.717) is 5.92 Å². The van der Waals surface area contributed by atoms with Crippen LogP contribution < -0.4 is 0 Å². The third-order valence-corrected chi connectivity index (χ3v) is 2.15. The minimum absolute atomic E-state index is 0.280. The van der Waals surface area contributed by atoms with Crippen LogP contribution in [-0.4, -0.2) is 11.2 Å². The largest absolute Gasteiger partial charge is 0.389 e. The van der Waals surface area contributed by atoms with Gasteiger partial charge in [-0.2, -0.15) is 0 Å². The van der Waals surface area contributed by atoms with Crippen LogP contribution in [0.15, 0.2) is 12.7 Å². The Balaban J connectivity index is 2.30. The zero-order chi connectivity index (χ0) is 6.85. The Bertz CT molecular complexity index is 105. The van der Waals surface area contributed by atoms with Crippen molar-refractivity contribution in [3.8, 4) is 0 Å². The van der Waals surface area contributed by atoms with Crippen LogP contribution in [-0.2, 0) is 0 Å². The number of rotatable bonds is 3. The third-order valence-electron chi connectivity index (χ3n) is 2.15. The van der Waals surface area contributed by atoms with Gasteiger partial charge in [0.05, 0.1) is 6.10 Å². The summed E-state index contributed by atoms with van der Waals surface area (Å²) < 4.78 is 0. The maximum absolute atomic E-state index is 9.22. The molecule has 0 bridgehead atoms. The first-order valence-corrected chi connectivity index (χ1v) is 3.56. The molecule has 2 atom stereocenters. The molecule has 2 unspecified atom stereocenters. The molecule has 1 heteroatoms. The summed E-state index contributed by atoms with van der Waals surface area (Å²) in [6.07, 6.45) is 3.94. The molecule has 0 aliphatic heterocycles. The summed E-state index contributed by atoms with van der Waals surface area (Å²) >= 11 is 0. The minimum Gasteiger partial charge on any atom is -0.389 e. The van der Waals surface area contributed by atoms with Crippen molar-refractivity contribution in [1.29, 1.82) is 0 Å². The van der Waals surface area contributed by atoms with Gasteiger partial charge in [-0.1, -0.05) is 13.0 Å². The standard InChI is InChI=1S/C8H14O/c1-3-8(9)6(2)7-4-5-7/h3,6-9H,1,4-5H2,2H3. The second-order valence-corrected chi connectivity index (χ2v) is 2.92. The zero-order valence-corrected chi connectivity index (χ0v) is 5.88. The van der Waals surface area contributed by atoms with E-state index in [9.17, 15) is 5.11 Å². The molecule has 1 aliphatic carbocycles. The van der Waals surface area contributed by atoms with Gasteiger partial charge in [-0.25, -0.2) is 0 Å². The lowest BCUT2D eigenvalue weighted by Gasteiger charge is -2.12. The van der Waals surface area contributed by atoms with Gasteiger partial charge in [0.1, 0.15) is 0 Å². The topological polar surface area (TPSA) is 20.2 Å². The van der Waals surface area contributed by atoms with Crippen LogP contribution in [0.3, 0.4) is 0 Å². The van der Waals surface area contributed by atoms with Crippen molar-refractivity contribution in [2.45, 2.75) is 25.9 Å². The summed E-state index contributed by atoms with van der Waals surface area (Å²) in [6, 6.07) is 0. The molecule has 1 nitrogen and oxygen atoms in total. The van der Waals surface area contributed by atoms with Crippen molar-refractivity contribution in [1.82, 2.24) is 0 Å². The lowest BCUT2D eigenvalue weighted by Crippen LogP contribution is -2.15. The first-order chi connectivity index (χ1) is 4.25. The number of hydrogen-bond acceptors (Lipinski definition) is 1. The molecular formula is C8H14O. The second-order valence-electron chi connectivity index (χ2n) is 2.92. The highest BCUT2D eigenvalue weighted by Gasteiger charge is 2.30. The van der Waals surface area contributed by atoms with E-state index in [1.165, 1.54) is 12.8 Å². The summed E-state index contributed by atoms with van der Waals surface area (Å²) in [5.74, 6) is 1.21. The van der Waals surface area contributed by atoms with Gasteiger partial charge >= 0.3 is 0 Å².